The zero-order valence-corrected chi connectivity index (χ0v) is 7.39. The third kappa shape index (κ3) is 1.73. The van der Waals surface area contributed by atoms with Crippen molar-refractivity contribution in [2.45, 2.75) is 39.5 Å². The summed E-state index contributed by atoms with van der Waals surface area (Å²) in [7, 11) is 0. The van der Waals surface area contributed by atoms with Gasteiger partial charge in [0.1, 0.15) is 0 Å². The molecule has 64 valence electrons. The first kappa shape index (κ1) is 8.57. The number of hydrogen-bond acceptors (Lipinski definition) is 1. The molecule has 0 saturated heterocycles. The van der Waals surface area contributed by atoms with E-state index < -0.39 is 0 Å². The minimum Gasteiger partial charge on any atom is -0.369 e. The highest BCUT2D eigenvalue weighted by molar-refractivity contribution is 5.80. The van der Waals surface area contributed by atoms with Crippen LogP contribution in [0, 0.1) is 11.3 Å². The molecule has 2 nitrogen and oxygen atoms in total. The number of nitrogens with two attached hydrogens (primary N) is 1. The Morgan fingerprint density at radius 2 is 2.27 bits per heavy atom. The van der Waals surface area contributed by atoms with Crippen LogP contribution in [0.3, 0.4) is 0 Å². The van der Waals surface area contributed by atoms with Gasteiger partial charge in [-0.1, -0.05) is 26.7 Å². The second-order valence-corrected chi connectivity index (χ2v) is 4.13. The molecule has 0 aliphatic heterocycles. The van der Waals surface area contributed by atoms with Gasteiger partial charge in [0.25, 0.3) is 0 Å². The van der Waals surface area contributed by atoms with Crippen molar-refractivity contribution >= 4 is 5.91 Å². The molecule has 0 heterocycles. The summed E-state index contributed by atoms with van der Waals surface area (Å²) >= 11 is 0. The van der Waals surface area contributed by atoms with Crippen LogP contribution in [0.25, 0.3) is 0 Å². The molecular weight excluding hydrogens is 138 g/mol. The van der Waals surface area contributed by atoms with Crippen LogP contribution in [-0.4, -0.2) is 5.91 Å². The van der Waals surface area contributed by atoms with Gasteiger partial charge in [-0.25, -0.2) is 0 Å². The molecule has 0 aromatic rings. The molecule has 2 heteroatoms. The number of carbonyl (C=O) groups is 1. The van der Waals surface area contributed by atoms with E-state index in [-0.39, 0.29) is 11.3 Å². The normalized spacial score (nSPS) is 38.5. The van der Waals surface area contributed by atoms with E-state index in [4.69, 9.17) is 5.73 Å². The van der Waals surface area contributed by atoms with E-state index in [9.17, 15) is 4.79 Å². The van der Waals surface area contributed by atoms with Crippen molar-refractivity contribution in [2.24, 2.45) is 17.1 Å². The van der Waals surface area contributed by atoms with Gasteiger partial charge in [0.2, 0.25) is 5.91 Å². The molecular formula is C9H17NO. The van der Waals surface area contributed by atoms with Gasteiger partial charge in [0.15, 0.2) is 0 Å². The fourth-order valence-corrected chi connectivity index (χ4v) is 2.04. The molecule has 1 aliphatic rings. The lowest BCUT2D eigenvalue weighted by Gasteiger charge is -2.33. The lowest BCUT2D eigenvalue weighted by Crippen LogP contribution is -2.38. The van der Waals surface area contributed by atoms with Crippen molar-refractivity contribution in [2.75, 3.05) is 0 Å². The highest BCUT2D eigenvalue weighted by Crippen LogP contribution is 2.38. The molecule has 1 aliphatic carbocycles. The Morgan fingerprint density at radius 1 is 1.64 bits per heavy atom. The van der Waals surface area contributed by atoms with E-state index in [1.165, 1.54) is 6.42 Å². The van der Waals surface area contributed by atoms with Gasteiger partial charge in [-0.2, -0.15) is 0 Å². The topological polar surface area (TPSA) is 43.1 Å². The first-order chi connectivity index (χ1) is 5.04. The second-order valence-electron chi connectivity index (χ2n) is 4.13. The van der Waals surface area contributed by atoms with Gasteiger partial charge in [0, 0.05) is 5.41 Å². The predicted octanol–water partition coefficient (Wildman–Crippen LogP) is 1.69. The quantitative estimate of drug-likeness (QED) is 0.615. The lowest BCUT2D eigenvalue weighted by atomic mass is 9.71. The Labute approximate surface area is 68.2 Å². The van der Waals surface area contributed by atoms with Gasteiger partial charge in [0.05, 0.1) is 0 Å². The molecule has 0 bridgehead atoms. The second kappa shape index (κ2) is 2.84. The summed E-state index contributed by atoms with van der Waals surface area (Å²) in [6, 6.07) is 0. The standard InChI is InChI=1S/C9H17NO/c1-7-4-3-5-9(2,6-7)8(10)11/h7H,3-6H2,1-2H3,(H2,10,11). The third-order valence-electron chi connectivity index (χ3n) is 2.82. The Kier molecular flexibility index (Phi) is 2.21. The van der Waals surface area contributed by atoms with Crippen LogP contribution in [0.15, 0.2) is 0 Å². The molecule has 1 fully saturated rings. The van der Waals surface area contributed by atoms with Crippen LogP contribution < -0.4 is 5.73 Å². The van der Waals surface area contributed by atoms with Gasteiger partial charge in [-0.05, 0) is 18.8 Å². The highest BCUT2D eigenvalue weighted by Gasteiger charge is 2.35. The van der Waals surface area contributed by atoms with E-state index in [2.05, 4.69) is 6.92 Å². The molecule has 1 saturated carbocycles. The molecule has 2 N–H and O–H groups in total. The van der Waals surface area contributed by atoms with Crippen molar-refractivity contribution in [1.82, 2.24) is 0 Å². The summed E-state index contributed by atoms with van der Waals surface area (Å²) in [4.78, 5) is 11.0. The van der Waals surface area contributed by atoms with E-state index in [1.54, 1.807) is 0 Å². The summed E-state index contributed by atoms with van der Waals surface area (Å²) in [5.41, 5.74) is 5.11. The van der Waals surface area contributed by atoms with Crippen molar-refractivity contribution in [3.05, 3.63) is 0 Å². The van der Waals surface area contributed by atoms with Crippen LogP contribution in [-0.2, 0) is 4.79 Å². The summed E-state index contributed by atoms with van der Waals surface area (Å²) < 4.78 is 0. The van der Waals surface area contributed by atoms with E-state index >= 15 is 0 Å². The molecule has 2 unspecified atom stereocenters. The van der Waals surface area contributed by atoms with E-state index in [1.807, 2.05) is 6.92 Å². The molecule has 0 radical (unpaired) electrons. The maximum Gasteiger partial charge on any atom is 0.223 e. The monoisotopic (exact) mass is 155 g/mol. The van der Waals surface area contributed by atoms with E-state index in [0.717, 1.165) is 19.3 Å². The van der Waals surface area contributed by atoms with Gasteiger partial charge < -0.3 is 5.73 Å². The van der Waals surface area contributed by atoms with Gasteiger partial charge in [-0.3, -0.25) is 4.79 Å². The Hall–Kier alpha value is -0.530. The maximum absolute atomic E-state index is 11.0. The Morgan fingerprint density at radius 3 is 2.64 bits per heavy atom. The molecule has 1 rings (SSSR count). The zero-order valence-electron chi connectivity index (χ0n) is 7.39. The van der Waals surface area contributed by atoms with Crippen molar-refractivity contribution in [3.8, 4) is 0 Å². The average Bonchev–Trinajstić information content (AvgIpc) is 1.86. The SMILES string of the molecule is CC1CCCC(C)(C(N)=O)C1. The maximum atomic E-state index is 11.0. The first-order valence-electron chi connectivity index (χ1n) is 4.34. The summed E-state index contributed by atoms with van der Waals surface area (Å²) in [5, 5.41) is 0. The molecule has 11 heavy (non-hydrogen) atoms. The fourth-order valence-electron chi connectivity index (χ4n) is 2.04. The van der Waals surface area contributed by atoms with Crippen molar-refractivity contribution in [3.63, 3.8) is 0 Å². The first-order valence-corrected chi connectivity index (χ1v) is 4.34. The number of amides is 1. The minimum absolute atomic E-state index is 0.121. The molecule has 0 spiro atoms. The van der Waals surface area contributed by atoms with E-state index in [0.29, 0.717) is 5.92 Å². The summed E-state index contributed by atoms with van der Waals surface area (Å²) in [5.74, 6) is 0.547. The van der Waals surface area contributed by atoms with Crippen LogP contribution >= 0.6 is 0 Å². The number of primary amides is 1. The van der Waals surface area contributed by atoms with Crippen LogP contribution in [0.4, 0.5) is 0 Å². The van der Waals surface area contributed by atoms with Gasteiger partial charge in [-0.15, -0.1) is 0 Å². The largest absolute Gasteiger partial charge is 0.369 e. The Balaban J connectivity index is 2.63. The average molecular weight is 155 g/mol. The Bertz CT molecular complexity index is 167. The summed E-state index contributed by atoms with van der Waals surface area (Å²) in [6.07, 6.45) is 4.36. The van der Waals surface area contributed by atoms with Crippen LogP contribution in [0.1, 0.15) is 39.5 Å². The van der Waals surface area contributed by atoms with Crippen molar-refractivity contribution < 1.29 is 4.79 Å². The number of hydrogen-bond donors (Lipinski definition) is 1. The smallest absolute Gasteiger partial charge is 0.223 e. The van der Waals surface area contributed by atoms with Gasteiger partial charge >= 0.3 is 0 Å². The number of carbonyl (C=O) groups excluding carboxylic acids is 1. The van der Waals surface area contributed by atoms with Crippen molar-refractivity contribution in [1.29, 1.82) is 0 Å². The summed E-state index contributed by atoms with van der Waals surface area (Å²) in [6.45, 7) is 4.19. The zero-order chi connectivity index (χ0) is 8.48. The lowest BCUT2D eigenvalue weighted by molar-refractivity contribution is -0.129. The predicted molar refractivity (Wildman–Crippen MR) is 44.9 cm³/mol. The molecule has 0 aromatic carbocycles. The minimum atomic E-state index is -0.211. The van der Waals surface area contributed by atoms with Crippen LogP contribution in [0.5, 0.6) is 0 Å². The molecule has 2 atom stereocenters. The highest BCUT2D eigenvalue weighted by atomic mass is 16.1. The fraction of sp³-hybridized carbons (Fsp3) is 0.889. The third-order valence-corrected chi connectivity index (χ3v) is 2.82. The number of rotatable bonds is 1. The molecule has 0 aromatic heterocycles. The molecule has 1 amide bonds. The van der Waals surface area contributed by atoms with Crippen LogP contribution in [0.2, 0.25) is 0 Å².